The molecule has 3 N–H and O–H groups in total. The summed E-state index contributed by atoms with van der Waals surface area (Å²) in [7, 11) is -2.48. The summed E-state index contributed by atoms with van der Waals surface area (Å²) in [5.74, 6) is 1.61. The van der Waals surface area contributed by atoms with Crippen LogP contribution in [0.15, 0.2) is 34.8 Å². The summed E-state index contributed by atoms with van der Waals surface area (Å²) in [6.45, 7) is 4.85. The Bertz CT molecular complexity index is 987. The lowest BCUT2D eigenvalue weighted by Crippen LogP contribution is -2.46. The van der Waals surface area contributed by atoms with Crippen LogP contribution >= 0.6 is 23.5 Å². The highest BCUT2D eigenvalue weighted by atomic mass is 79.9. The van der Waals surface area contributed by atoms with Gasteiger partial charge < -0.3 is 24.6 Å². The van der Waals surface area contributed by atoms with E-state index in [0.717, 1.165) is 27.0 Å². The first-order valence-corrected chi connectivity index (χ1v) is 11.6. The lowest BCUT2D eigenvalue weighted by atomic mass is 9.65. The summed E-state index contributed by atoms with van der Waals surface area (Å²) in [6, 6.07) is 9.62. The van der Waals surface area contributed by atoms with Gasteiger partial charge in [0.2, 0.25) is 0 Å². The number of hydrogen-bond donors (Lipinski definition) is 3. The number of rotatable bonds is 3. The molecule has 6 nitrogen and oxygen atoms in total. The van der Waals surface area contributed by atoms with Crippen molar-refractivity contribution in [1.29, 1.82) is 0 Å². The monoisotopic (exact) mass is 467 g/mol. The van der Waals surface area contributed by atoms with Crippen molar-refractivity contribution >= 4 is 29.2 Å². The number of nitrogens with one attached hydrogen (secondary N) is 1. The van der Waals surface area contributed by atoms with Gasteiger partial charge in [-0.1, -0.05) is 41.9 Å². The first-order chi connectivity index (χ1) is 13.1. The van der Waals surface area contributed by atoms with Gasteiger partial charge in [0.1, 0.15) is 0 Å². The number of ether oxygens (including phenoxy) is 2. The Hall–Kier alpha value is -1.53. The minimum absolute atomic E-state index is 0.0466. The van der Waals surface area contributed by atoms with E-state index in [2.05, 4.69) is 41.2 Å². The molecule has 2 atom stereocenters. The van der Waals surface area contributed by atoms with Crippen molar-refractivity contribution in [3.63, 3.8) is 0 Å². The molecule has 2 aromatic rings. The Balaban J connectivity index is 1.80. The summed E-state index contributed by atoms with van der Waals surface area (Å²) >= 11 is 3.56. The zero-order chi connectivity index (χ0) is 20.3. The predicted octanol–water partition coefficient (Wildman–Crippen LogP) is 4.59. The van der Waals surface area contributed by atoms with Gasteiger partial charge >= 0.3 is 7.60 Å². The lowest BCUT2D eigenvalue weighted by Gasteiger charge is -2.48. The molecule has 0 bridgehead atoms. The van der Waals surface area contributed by atoms with Crippen molar-refractivity contribution in [1.82, 2.24) is 0 Å². The molecule has 0 saturated carbocycles. The summed E-state index contributed by atoms with van der Waals surface area (Å²) < 4.78 is 24.0. The molecule has 0 saturated heterocycles. The molecular formula is C20H23BrNO5P. The van der Waals surface area contributed by atoms with Crippen molar-refractivity contribution in [2.75, 3.05) is 19.0 Å². The van der Waals surface area contributed by atoms with Crippen LogP contribution in [0.3, 0.4) is 0 Å². The molecule has 28 heavy (non-hydrogen) atoms. The summed E-state index contributed by atoms with van der Waals surface area (Å²) in [6.07, 6.45) is -0.256. The summed E-state index contributed by atoms with van der Waals surface area (Å²) in [4.78, 5) is 18.7. The Morgan fingerprint density at radius 3 is 2.75 bits per heavy atom. The maximum Gasteiger partial charge on any atom is 0.329 e. The molecule has 0 radical (unpaired) electrons. The van der Waals surface area contributed by atoms with Crippen molar-refractivity contribution in [2.45, 2.75) is 31.5 Å². The van der Waals surface area contributed by atoms with Crippen LogP contribution in [0.5, 0.6) is 11.5 Å². The zero-order valence-electron chi connectivity index (χ0n) is 15.9. The Kier molecular flexibility index (Phi) is 4.78. The third kappa shape index (κ3) is 3.35. The fourth-order valence-corrected chi connectivity index (χ4v) is 5.50. The highest BCUT2D eigenvalue weighted by molar-refractivity contribution is 9.10. The number of fused-ring (bicyclic) bond motifs is 4. The number of methoxy groups -OCH3 is 1. The number of hydrogen-bond acceptors (Lipinski definition) is 4. The van der Waals surface area contributed by atoms with Crippen LogP contribution in [0.4, 0.5) is 5.69 Å². The minimum atomic E-state index is -4.12. The summed E-state index contributed by atoms with van der Waals surface area (Å²) in [5, 5.41) is 3.63. The number of halogens is 1. The second kappa shape index (κ2) is 6.77. The van der Waals surface area contributed by atoms with E-state index in [-0.39, 0.29) is 23.5 Å². The molecule has 0 unspecified atom stereocenters. The second-order valence-corrected chi connectivity index (χ2v) is 10.6. The lowest BCUT2D eigenvalue weighted by molar-refractivity contribution is 0.131. The number of anilines is 1. The van der Waals surface area contributed by atoms with Gasteiger partial charge in [0, 0.05) is 27.1 Å². The van der Waals surface area contributed by atoms with Gasteiger partial charge in [-0.25, -0.2) is 0 Å². The van der Waals surface area contributed by atoms with Crippen LogP contribution in [-0.2, 0) is 16.1 Å². The SMILES string of the molecule is COc1cc(Br)cc2c1OC[C@@H]1[C@@H]2Nc2ccc(CP(=O)(O)O)cc2C1(C)C. The average Bonchev–Trinajstić information content (AvgIpc) is 2.60. The molecule has 0 aromatic heterocycles. The van der Waals surface area contributed by atoms with Crippen molar-refractivity contribution < 1.29 is 23.8 Å². The van der Waals surface area contributed by atoms with E-state index in [0.29, 0.717) is 17.9 Å². The van der Waals surface area contributed by atoms with Gasteiger partial charge in [-0.15, -0.1) is 0 Å². The van der Waals surface area contributed by atoms with E-state index < -0.39 is 7.60 Å². The molecule has 2 heterocycles. The topological polar surface area (TPSA) is 88.0 Å². The van der Waals surface area contributed by atoms with Crippen LogP contribution in [-0.4, -0.2) is 23.5 Å². The Morgan fingerprint density at radius 1 is 1.32 bits per heavy atom. The molecule has 2 aromatic carbocycles. The normalized spacial score (nSPS) is 22.2. The third-order valence-electron chi connectivity index (χ3n) is 5.82. The molecular weight excluding hydrogens is 445 g/mol. The molecule has 0 amide bonds. The first-order valence-electron chi connectivity index (χ1n) is 9.05. The van der Waals surface area contributed by atoms with Crippen molar-refractivity contribution in [3.05, 3.63) is 51.5 Å². The standard InChI is InChI=1S/C20H23BrNO5P/c1-20(2)14-6-11(10-28(23,24)25)4-5-16(14)22-18-13-7-12(21)8-17(26-3)19(13)27-9-15(18)20/h4-8,15,18,22H,9-10H2,1-3H3,(H2,23,24,25)/t15-,18-/m1/s1. The predicted molar refractivity (Wildman–Crippen MR) is 111 cm³/mol. The van der Waals surface area contributed by atoms with E-state index in [4.69, 9.17) is 9.47 Å². The largest absolute Gasteiger partial charge is 0.493 e. The van der Waals surface area contributed by atoms with E-state index in [1.54, 1.807) is 13.2 Å². The highest BCUT2D eigenvalue weighted by Crippen LogP contribution is 2.54. The minimum Gasteiger partial charge on any atom is -0.493 e. The highest BCUT2D eigenvalue weighted by Gasteiger charge is 2.47. The van der Waals surface area contributed by atoms with Crippen LogP contribution in [0, 0.1) is 5.92 Å². The summed E-state index contributed by atoms with van der Waals surface area (Å²) in [5.41, 5.74) is 3.47. The maximum atomic E-state index is 11.4. The maximum absolute atomic E-state index is 11.4. The van der Waals surface area contributed by atoms with Crippen LogP contribution in [0.25, 0.3) is 0 Å². The zero-order valence-corrected chi connectivity index (χ0v) is 18.4. The first kappa shape index (κ1) is 19.8. The van der Waals surface area contributed by atoms with Crippen molar-refractivity contribution in [3.8, 4) is 11.5 Å². The molecule has 2 aliphatic rings. The van der Waals surface area contributed by atoms with E-state index in [1.165, 1.54) is 0 Å². The smallest absolute Gasteiger partial charge is 0.329 e. The number of benzene rings is 2. The van der Waals surface area contributed by atoms with Gasteiger partial charge in [0.05, 0.1) is 25.9 Å². The molecule has 0 aliphatic carbocycles. The molecule has 0 spiro atoms. The second-order valence-electron chi connectivity index (χ2n) is 7.99. The van der Waals surface area contributed by atoms with E-state index >= 15 is 0 Å². The molecule has 0 fully saturated rings. The molecule has 150 valence electrons. The molecule has 2 aliphatic heterocycles. The van der Waals surface area contributed by atoms with Crippen LogP contribution < -0.4 is 14.8 Å². The van der Waals surface area contributed by atoms with Crippen LogP contribution in [0.1, 0.15) is 36.6 Å². The van der Waals surface area contributed by atoms with Gasteiger partial charge in [-0.3, -0.25) is 4.57 Å². The van der Waals surface area contributed by atoms with Gasteiger partial charge in [-0.2, -0.15) is 0 Å². The molecule has 4 rings (SSSR count). The van der Waals surface area contributed by atoms with Gasteiger partial charge in [0.25, 0.3) is 0 Å². The van der Waals surface area contributed by atoms with Crippen molar-refractivity contribution in [2.24, 2.45) is 5.92 Å². The third-order valence-corrected chi connectivity index (χ3v) is 7.05. The molecule has 8 heteroatoms. The Morgan fingerprint density at radius 2 is 2.07 bits per heavy atom. The van der Waals surface area contributed by atoms with E-state index in [1.807, 2.05) is 18.2 Å². The average molecular weight is 468 g/mol. The van der Waals surface area contributed by atoms with Gasteiger partial charge in [0.15, 0.2) is 11.5 Å². The van der Waals surface area contributed by atoms with Gasteiger partial charge in [-0.05, 0) is 29.3 Å². The Labute approximate surface area is 172 Å². The fourth-order valence-electron chi connectivity index (χ4n) is 4.37. The van der Waals surface area contributed by atoms with Crippen LogP contribution in [0.2, 0.25) is 0 Å². The van der Waals surface area contributed by atoms with E-state index in [9.17, 15) is 14.4 Å². The quantitative estimate of drug-likeness (QED) is 0.572. The fraction of sp³-hybridized carbons (Fsp3) is 0.400.